The van der Waals surface area contributed by atoms with Crippen molar-refractivity contribution in [1.29, 1.82) is 0 Å². The lowest BCUT2D eigenvalue weighted by molar-refractivity contribution is 1.26. The molecule has 0 saturated carbocycles. The van der Waals surface area contributed by atoms with Crippen molar-refractivity contribution >= 4 is 31.9 Å². The van der Waals surface area contributed by atoms with Crippen LogP contribution in [0, 0.1) is 0 Å². The first-order valence-electron chi connectivity index (χ1n) is 2.43. The summed E-state index contributed by atoms with van der Waals surface area (Å²) in [5.74, 6) is 0. The van der Waals surface area contributed by atoms with Gasteiger partial charge in [-0.15, -0.1) is 0 Å². The minimum Gasteiger partial charge on any atom is -0.0880 e. The van der Waals surface area contributed by atoms with Crippen molar-refractivity contribution in [2.24, 2.45) is 0 Å². The fourth-order valence-corrected chi connectivity index (χ4v) is 1.51. The average Bonchev–Trinajstić information content (AvgIpc) is 2.14. The Bertz CT molecular complexity index is 145. The van der Waals surface area contributed by atoms with E-state index in [1.54, 1.807) is 0 Å². The summed E-state index contributed by atoms with van der Waals surface area (Å²) in [4.78, 5) is 0. The number of allylic oxidation sites excluding steroid dienone is 4. The summed E-state index contributed by atoms with van der Waals surface area (Å²) in [7, 11) is 0. The van der Waals surface area contributed by atoms with E-state index >= 15 is 0 Å². The van der Waals surface area contributed by atoms with Crippen LogP contribution in [0.2, 0.25) is 0 Å². The smallest absolute Gasteiger partial charge is 0.0248 e. The topological polar surface area (TPSA) is 0 Å². The standard InChI is InChI=1S/C6H6Br2/c7-4-5-1-2-6(8)3-5/h1-2H,3-4H2. The second-order valence-corrected chi connectivity index (χ2v) is 3.33. The molecule has 0 aliphatic heterocycles. The molecule has 0 saturated heterocycles. The maximum Gasteiger partial charge on any atom is 0.0248 e. The minimum atomic E-state index is 0.999. The molecule has 2 heteroatoms. The van der Waals surface area contributed by atoms with E-state index in [9.17, 15) is 0 Å². The Hall–Kier alpha value is 0.440. The van der Waals surface area contributed by atoms with Gasteiger partial charge in [0.1, 0.15) is 0 Å². The molecule has 0 fully saturated rings. The van der Waals surface area contributed by atoms with Crippen LogP contribution in [0.5, 0.6) is 0 Å². The van der Waals surface area contributed by atoms with Gasteiger partial charge in [-0.25, -0.2) is 0 Å². The van der Waals surface area contributed by atoms with Crippen molar-refractivity contribution < 1.29 is 0 Å². The van der Waals surface area contributed by atoms with Crippen LogP contribution in [-0.2, 0) is 0 Å². The molecule has 0 N–H and O–H groups in total. The molecule has 1 rings (SSSR count). The molecule has 0 aromatic carbocycles. The van der Waals surface area contributed by atoms with Crippen LogP contribution in [-0.4, -0.2) is 5.33 Å². The van der Waals surface area contributed by atoms with Crippen molar-refractivity contribution in [3.63, 3.8) is 0 Å². The van der Waals surface area contributed by atoms with E-state index < -0.39 is 0 Å². The normalized spacial score (nSPS) is 18.2. The highest BCUT2D eigenvalue weighted by Gasteiger charge is 2.02. The summed E-state index contributed by atoms with van der Waals surface area (Å²) >= 11 is 6.79. The lowest BCUT2D eigenvalue weighted by atomic mass is 10.3. The Kier molecular flexibility index (Phi) is 2.32. The van der Waals surface area contributed by atoms with Gasteiger partial charge >= 0.3 is 0 Å². The monoisotopic (exact) mass is 236 g/mol. The maximum absolute atomic E-state index is 3.41. The van der Waals surface area contributed by atoms with Gasteiger partial charge in [-0.3, -0.25) is 0 Å². The van der Waals surface area contributed by atoms with Crippen LogP contribution in [0.1, 0.15) is 6.42 Å². The number of hydrogen-bond acceptors (Lipinski definition) is 0. The zero-order valence-electron chi connectivity index (χ0n) is 4.32. The molecular weight excluding hydrogens is 232 g/mol. The number of halogens is 2. The van der Waals surface area contributed by atoms with Gasteiger partial charge in [0.15, 0.2) is 0 Å². The van der Waals surface area contributed by atoms with Crippen molar-refractivity contribution in [3.8, 4) is 0 Å². The Morgan fingerprint density at radius 3 is 2.50 bits per heavy atom. The maximum atomic E-state index is 3.41. The molecular formula is C6H6Br2. The van der Waals surface area contributed by atoms with E-state index in [-0.39, 0.29) is 0 Å². The van der Waals surface area contributed by atoms with Crippen LogP contribution in [0.15, 0.2) is 22.2 Å². The molecule has 0 atom stereocenters. The van der Waals surface area contributed by atoms with E-state index in [0.717, 1.165) is 11.8 Å². The Morgan fingerprint density at radius 2 is 2.25 bits per heavy atom. The van der Waals surface area contributed by atoms with Crippen LogP contribution < -0.4 is 0 Å². The molecule has 0 nitrogen and oxygen atoms in total. The predicted molar refractivity (Wildman–Crippen MR) is 43.5 cm³/mol. The van der Waals surface area contributed by atoms with E-state index in [2.05, 4.69) is 44.0 Å². The first kappa shape index (κ1) is 6.56. The fourth-order valence-electron chi connectivity index (χ4n) is 0.635. The molecule has 1 aliphatic rings. The molecule has 1 aliphatic carbocycles. The van der Waals surface area contributed by atoms with Crippen LogP contribution in [0.25, 0.3) is 0 Å². The summed E-state index contributed by atoms with van der Waals surface area (Å²) in [6, 6.07) is 0. The molecule has 0 amide bonds. The average molecular weight is 238 g/mol. The first-order chi connectivity index (χ1) is 3.83. The largest absolute Gasteiger partial charge is 0.0880 e. The molecule has 0 bridgehead atoms. The third-order valence-electron chi connectivity index (χ3n) is 1.07. The number of alkyl halides is 1. The summed E-state index contributed by atoms with van der Waals surface area (Å²) in [5.41, 5.74) is 1.44. The molecule has 0 aromatic heterocycles. The quantitative estimate of drug-likeness (QED) is 0.616. The van der Waals surface area contributed by atoms with Gasteiger partial charge in [0, 0.05) is 11.8 Å². The molecule has 44 valence electrons. The van der Waals surface area contributed by atoms with Crippen LogP contribution in [0.3, 0.4) is 0 Å². The molecule has 0 spiro atoms. The third kappa shape index (κ3) is 1.46. The molecule has 0 radical (unpaired) electrons. The van der Waals surface area contributed by atoms with Gasteiger partial charge in [0.05, 0.1) is 0 Å². The number of hydrogen-bond donors (Lipinski definition) is 0. The number of rotatable bonds is 1. The summed E-state index contributed by atoms with van der Waals surface area (Å²) in [6.45, 7) is 0. The summed E-state index contributed by atoms with van der Waals surface area (Å²) in [5, 5.41) is 0.999. The van der Waals surface area contributed by atoms with E-state index in [1.165, 1.54) is 10.1 Å². The van der Waals surface area contributed by atoms with E-state index in [0.29, 0.717) is 0 Å². The van der Waals surface area contributed by atoms with Crippen LogP contribution >= 0.6 is 31.9 Å². The first-order valence-corrected chi connectivity index (χ1v) is 4.34. The van der Waals surface area contributed by atoms with Gasteiger partial charge in [0.2, 0.25) is 0 Å². The van der Waals surface area contributed by atoms with Gasteiger partial charge in [0.25, 0.3) is 0 Å². The van der Waals surface area contributed by atoms with Crippen molar-refractivity contribution in [2.75, 3.05) is 5.33 Å². The molecule has 0 heterocycles. The Labute approximate surface area is 65.9 Å². The van der Waals surface area contributed by atoms with Crippen molar-refractivity contribution in [3.05, 3.63) is 22.2 Å². The lowest BCUT2D eigenvalue weighted by Gasteiger charge is -1.91. The third-order valence-corrected chi connectivity index (χ3v) is 2.33. The summed E-state index contributed by atoms with van der Waals surface area (Å²) in [6.07, 6.45) is 5.32. The molecule has 0 aromatic rings. The Balaban J connectivity index is 2.49. The van der Waals surface area contributed by atoms with Crippen molar-refractivity contribution in [2.45, 2.75) is 6.42 Å². The Morgan fingerprint density at radius 1 is 1.50 bits per heavy atom. The highest BCUT2D eigenvalue weighted by molar-refractivity contribution is 9.11. The van der Waals surface area contributed by atoms with E-state index in [4.69, 9.17) is 0 Å². The summed E-state index contributed by atoms with van der Waals surface area (Å²) < 4.78 is 1.28. The zero-order chi connectivity index (χ0) is 5.98. The van der Waals surface area contributed by atoms with Gasteiger partial charge in [-0.05, 0) is 4.48 Å². The molecule has 8 heavy (non-hydrogen) atoms. The molecule has 0 unspecified atom stereocenters. The second-order valence-electron chi connectivity index (χ2n) is 1.75. The van der Waals surface area contributed by atoms with Crippen molar-refractivity contribution in [1.82, 2.24) is 0 Å². The highest BCUT2D eigenvalue weighted by atomic mass is 79.9. The van der Waals surface area contributed by atoms with Gasteiger partial charge in [-0.1, -0.05) is 49.6 Å². The van der Waals surface area contributed by atoms with Gasteiger partial charge in [-0.2, -0.15) is 0 Å². The lowest BCUT2D eigenvalue weighted by Crippen LogP contribution is -1.76. The van der Waals surface area contributed by atoms with Crippen LogP contribution in [0.4, 0.5) is 0 Å². The second kappa shape index (κ2) is 2.83. The fraction of sp³-hybridized carbons (Fsp3) is 0.333. The van der Waals surface area contributed by atoms with Gasteiger partial charge < -0.3 is 0 Å². The highest BCUT2D eigenvalue weighted by Crippen LogP contribution is 2.24. The minimum absolute atomic E-state index is 0.999. The van der Waals surface area contributed by atoms with E-state index in [1.807, 2.05) is 0 Å². The predicted octanol–water partition coefficient (Wildman–Crippen LogP) is 2.99. The SMILES string of the molecule is BrCC1=CC=C(Br)C1. The zero-order valence-corrected chi connectivity index (χ0v) is 7.50.